The molecule has 0 aromatic heterocycles. The average Bonchev–Trinajstić information content (AvgIpc) is 2.60. The summed E-state index contributed by atoms with van der Waals surface area (Å²) in [6, 6.07) is 6.55. The molecule has 0 saturated carbocycles. The predicted octanol–water partition coefficient (Wildman–Crippen LogP) is 2.35. The van der Waals surface area contributed by atoms with Gasteiger partial charge >= 0.3 is 6.18 Å². The van der Waals surface area contributed by atoms with E-state index in [2.05, 4.69) is 0 Å². The van der Waals surface area contributed by atoms with Gasteiger partial charge in [-0.1, -0.05) is 26.0 Å². The van der Waals surface area contributed by atoms with Crippen molar-refractivity contribution in [2.45, 2.75) is 49.8 Å². The van der Waals surface area contributed by atoms with Gasteiger partial charge in [0.25, 0.3) is 0 Å². The summed E-state index contributed by atoms with van der Waals surface area (Å²) < 4.78 is 64.9. The maximum absolute atomic E-state index is 12.7. The highest BCUT2D eigenvalue weighted by atomic mass is 32.2. The zero-order valence-corrected chi connectivity index (χ0v) is 16.8. The molecule has 1 fully saturated rings. The number of benzene rings is 1. The summed E-state index contributed by atoms with van der Waals surface area (Å²) in [6.45, 7) is 4.44. The van der Waals surface area contributed by atoms with E-state index >= 15 is 0 Å². The standard InChI is InChI=1S/C18H25F3N2O4S/c1-13(2)14-4-6-15(7-5-14)28(26,27)23-10-8-22(9-11-23)16(24)12-17(3,25)18(19,20)21/h4-7,13,25H,8-12H2,1-3H3/t17-/m0/s1. The number of alkyl halides is 3. The van der Waals surface area contributed by atoms with Crippen molar-refractivity contribution in [3.05, 3.63) is 29.8 Å². The van der Waals surface area contributed by atoms with Crippen LogP contribution in [0.5, 0.6) is 0 Å². The Morgan fingerprint density at radius 3 is 2.04 bits per heavy atom. The zero-order chi connectivity index (χ0) is 21.3. The molecule has 1 saturated heterocycles. The van der Waals surface area contributed by atoms with Crippen molar-refractivity contribution in [3.8, 4) is 0 Å². The quantitative estimate of drug-likeness (QED) is 0.790. The van der Waals surface area contributed by atoms with Gasteiger partial charge in [0.05, 0.1) is 11.3 Å². The Bertz CT molecular complexity index is 797. The van der Waals surface area contributed by atoms with Crippen LogP contribution in [0.2, 0.25) is 0 Å². The van der Waals surface area contributed by atoms with E-state index in [9.17, 15) is 31.5 Å². The Hall–Kier alpha value is -1.65. The average molecular weight is 422 g/mol. The van der Waals surface area contributed by atoms with Crippen LogP contribution in [-0.2, 0) is 14.8 Å². The van der Waals surface area contributed by atoms with E-state index < -0.39 is 34.1 Å². The van der Waals surface area contributed by atoms with Crippen molar-refractivity contribution in [1.29, 1.82) is 0 Å². The molecule has 1 amide bonds. The largest absolute Gasteiger partial charge is 0.417 e. The summed E-state index contributed by atoms with van der Waals surface area (Å²) in [5.74, 6) is -0.596. The summed E-state index contributed by atoms with van der Waals surface area (Å²) in [7, 11) is -3.75. The fourth-order valence-corrected chi connectivity index (χ4v) is 4.28. The van der Waals surface area contributed by atoms with E-state index in [1.165, 1.54) is 16.4 Å². The molecule has 0 unspecified atom stereocenters. The summed E-state index contributed by atoms with van der Waals surface area (Å²) >= 11 is 0. The van der Waals surface area contributed by atoms with Crippen molar-refractivity contribution >= 4 is 15.9 Å². The molecule has 1 aliphatic rings. The molecule has 1 N–H and O–H groups in total. The molecular formula is C18H25F3N2O4S. The first-order valence-corrected chi connectivity index (χ1v) is 10.4. The topological polar surface area (TPSA) is 77.9 Å². The van der Waals surface area contributed by atoms with Crippen molar-refractivity contribution in [3.63, 3.8) is 0 Å². The lowest BCUT2D eigenvalue weighted by Gasteiger charge is -2.35. The molecule has 1 aromatic carbocycles. The van der Waals surface area contributed by atoms with Crippen LogP contribution in [-0.4, -0.2) is 66.6 Å². The van der Waals surface area contributed by atoms with Gasteiger partial charge in [-0.2, -0.15) is 17.5 Å². The number of piperazine rings is 1. The first-order valence-electron chi connectivity index (χ1n) is 8.93. The van der Waals surface area contributed by atoms with Gasteiger partial charge in [0, 0.05) is 26.2 Å². The van der Waals surface area contributed by atoms with Gasteiger partial charge in [-0.15, -0.1) is 0 Å². The third-order valence-electron chi connectivity index (χ3n) is 4.88. The molecule has 1 atom stereocenters. The van der Waals surface area contributed by atoms with E-state index in [1.54, 1.807) is 12.1 Å². The van der Waals surface area contributed by atoms with Gasteiger partial charge in [-0.3, -0.25) is 4.79 Å². The normalized spacial score (nSPS) is 18.9. The lowest BCUT2D eigenvalue weighted by molar-refractivity contribution is -0.254. The third kappa shape index (κ3) is 4.84. The molecule has 6 nitrogen and oxygen atoms in total. The molecule has 0 aliphatic carbocycles. The van der Waals surface area contributed by atoms with Crippen LogP contribution in [0.25, 0.3) is 0 Å². The second-order valence-corrected chi connectivity index (χ2v) is 9.39. The fourth-order valence-electron chi connectivity index (χ4n) is 2.86. The monoisotopic (exact) mass is 422 g/mol. The number of halogens is 3. The summed E-state index contributed by atoms with van der Waals surface area (Å²) in [5.41, 5.74) is -2.11. The lowest BCUT2D eigenvalue weighted by Crippen LogP contribution is -2.53. The Labute approximate surface area is 163 Å². The zero-order valence-electron chi connectivity index (χ0n) is 16.0. The van der Waals surface area contributed by atoms with Crippen LogP contribution < -0.4 is 0 Å². The molecule has 0 bridgehead atoms. The second-order valence-electron chi connectivity index (χ2n) is 7.46. The minimum atomic E-state index is -4.92. The van der Waals surface area contributed by atoms with Crippen LogP contribution >= 0.6 is 0 Å². The Morgan fingerprint density at radius 2 is 1.61 bits per heavy atom. The van der Waals surface area contributed by atoms with Crippen LogP contribution in [0.3, 0.4) is 0 Å². The summed E-state index contributed by atoms with van der Waals surface area (Å²) in [4.78, 5) is 13.4. The molecule has 0 radical (unpaired) electrons. The Kier molecular flexibility index (Phi) is 6.47. The number of hydrogen-bond donors (Lipinski definition) is 1. The van der Waals surface area contributed by atoms with Gasteiger partial charge in [0.15, 0.2) is 5.60 Å². The highest BCUT2D eigenvalue weighted by molar-refractivity contribution is 7.89. The lowest BCUT2D eigenvalue weighted by atomic mass is 10.0. The van der Waals surface area contributed by atoms with Crippen molar-refractivity contribution in [1.82, 2.24) is 9.21 Å². The smallest absolute Gasteiger partial charge is 0.380 e. The van der Waals surface area contributed by atoms with Gasteiger partial charge < -0.3 is 10.0 Å². The number of hydrogen-bond acceptors (Lipinski definition) is 4. The molecule has 2 rings (SSSR count). The summed E-state index contributed by atoms with van der Waals surface area (Å²) in [6.07, 6.45) is -6.02. The fraction of sp³-hybridized carbons (Fsp3) is 0.611. The van der Waals surface area contributed by atoms with Crippen LogP contribution in [0.15, 0.2) is 29.2 Å². The molecule has 28 heavy (non-hydrogen) atoms. The summed E-state index contributed by atoms with van der Waals surface area (Å²) in [5, 5.41) is 9.46. The van der Waals surface area contributed by atoms with Crippen LogP contribution in [0.4, 0.5) is 13.2 Å². The Morgan fingerprint density at radius 1 is 1.11 bits per heavy atom. The van der Waals surface area contributed by atoms with Gasteiger partial charge in [0.1, 0.15) is 0 Å². The minimum absolute atomic E-state index is 0.0197. The van der Waals surface area contributed by atoms with Gasteiger partial charge in [-0.25, -0.2) is 8.42 Å². The number of carbonyl (C=O) groups is 1. The SMILES string of the molecule is CC(C)c1ccc(S(=O)(=O)N2CCN(C(=O)C[C@](C)(O)C(F)(F)F)CC2)cc1. The van der Waals surface area contributed by atoms with E-state index in [1.807, 2.05) is 13.8 Å². The van der Waals surface area contributed by atoms with Gasteiger partial charge in [-0.05, 0) is 30.5 Å². The number of amides is 1. The second kappa shape index (κ2) is 8.00. The predicted molar refractivity (Wildman–Crippen MR) is 97.2 cm³/mol. The molecule has 10 heteroatoms. The van der Waals surface area contributed by atoms with E-state index in [-0.39, 0.29) is 37.0 Å². The third-order valence-corrected chi connectivity index (χ3v) is 6.79. The number of sulfonamides is 1. The van der Waals surface area contributed by atoms with E-state index in [0.29, 0.717) is 6.92 Å². The first-order chi connectivity index (χ1) is 12.8. The number of carbonyl (C=O) groups excluding carboxylic acids is 1. The van der Waals surface area contributed by atoms with Crippen LogP contribution in [0, 0.1) is 0 Å². The minimum Gasteiger partial charge on any atom is -0.380 e. The maximum Gasteiger partial charge on any atom is 0.417 e. The molecule has 0 spiro atoms. The highest BCUT2D eigenvalue weighted by Gasteiger charge is 2.51. The van der Waals surface area contributed by atoms with E-state index in [4.69, 9.17) is 0 Å². The molecule has 1 aromatic rings. The van der Waals surface area contributed by atoms with Crippen molar-refractivity contribution in [2.75, 3.05) is 26.2 Å². The first kappa shape index (κ1) is 22.6. The van der Waals surface area contributed by atoms with Crippen molar-refractivity contribution < 1.29 is 31.5 Å². The van der Waals surface area contributed by atoms with Crippen molar-refractivity contribution in [2.24, 2.45) is 0 Å². The molecule has 158 valence electrons. The Balaban J connectivity index is 2.01. The number of rotatable bonds is 5. The number of aliphatic hydroxyl groups is 1. The van der Waals surface area contributed by atoms with E-state index in [0.717, 1.165) is 10.5 Å². The molecular weight excluding hydrogens is 397 g/mol. The number of nitrogens with zero attached hydrogens (tertiary/aromatic N) is 2. The molecule has 1 aliphatic heterocycles. The van der Waals surface area contributed by atoms with Crippen LogP contribution in [0.1, 0.15) is 38.7 Å². The highest BCUT2D eigenvalue weighted by Crippen LogP contribution is 2.33. The molecule has 1 heterocycles. The maximum atomic E-state index is 12.7. The van der Waals surface area contributed by atoms with Gasteiger partial charge in [0.2, 0.25) is 15.9 Å².